The molecule has 5 nitrogen and oxygen atoms in total. The Morgan fingerprint density at radius 2 is 0.936 bits per heavy atom. The highest BCUT2D eigenvalue weighted by Crippen LogP contribution is 2.40. The summed E-state index contributed by atoms with van der Waals surface area (Å²) in [4.78, 5) is 20.1. The van der Waals surface area contributed by atoms with Crippen molar-refractivity contribution in [2.24, 2.45) is 0 Å². The third-order valence-corrected chi connectivity index (χ3v) is 8.65. The molecule has 220 valence electrons. The second kappa shape index (κ2) is 11.2. The maximum atomic E-state index is 5.22. The van der Waals surface area contributed by atoms with Crippen LogP contribution in [0.1, 0.15) is 0 Å². The molecule has 0 unspecified atom stereocenters. The molecular formula is C42H27N5. The van der Waals surface area contributed by atoms with E-state index < -0.39 is 0 Å². The molecule has 0 aliphatic carbocycles. The van der Waals surface area contributed by atoms with Gasteiger partial charge >= 0.3 is 0 Å². The number of benzene rings is 6. The topological polar surface area (TPSA) is 56.0 Å². The molecule has 0 aliphatic rings. The Balaban J connectivity index is 1.27. The van der Waals surface area contributed by atoms with Crippen LogP contribution in [0.25, 0.3) is 83.9 Å². The molecule has 9 rings (SSSR count). The van der Waals surface area contributed by atoms with E-state index in [1.54, 1.807) is 0 Å². The number of hydrogen-bond donors (Lipinski definition) is 0. The molecule has 0 radical (unpaired) electrons. The van der Waals surface area contributed by atoms with Crippen molar-refractivity contribution in [1.82, 2.24) is 24.3 Å². The van der Waals surface area contributed by atoms with Crippen molar-refractivity contribution in [3.63, 3.8) is 0 Å². The second-order valence-corrected chi connectivity index (χ2v) is 11.5. The number of aromatic nitrogens is 5. The van der Waals surface area contributed by atoms with E-state index in [0.717, 1.165) is 44.9 Å². The van der Waals surface area contributed by atoms with Gasteiger partial charge in [-0.1, -0.05) is 133 Å². The lowest BCUT2D eigenvalue weighted by Crippen LogP contribution is -2.00. The fraction of sp³-hybridized carbons (Fsp3) is 0. The van der Waals surface area contributed by atoms with Crippen LogP contribution in [-0.2, 0) is 0 Å². The third-order valence-electron chi connectivity index (χ3n) is 8.65. The molecule has 0 N–H and O–H groups in total. The molecule has 0 amide bonds. The van der Waals surface area contributed by atoms with Crippen molar-refractivity contribution in [2.75, 3.05) is 0 Å². The van der Waals surface area contributed by atoms with Gasteiger partial charge in [0.15, 0.2) is 17.5 Å². The van der Waals surface area contributed by atoms with Crippen LogP contribution in [0.2, 0.25) is 0 Å². The lowest BCUT2D eigenvalue weighted by molar-refractivity contribution is 1.07. The maximum Gasteiger partial charge on any atom is 0.164 e. The van der Waals surface area contributed by atoms with E-state index in [4.69, 9.17) is 19.9 Å². The van der Waals surface area contributed by atoms with Gasteiger partial charge in [-0.25, -0.2) is 19.9 Å². The van der Waals surface area contributed by atoms with Gasteiger partial charge in [-0.2, -0.15) is 0 Å². The molecule has 9 aromatic rings. The predicted molar refractivity (Wildman–Crippen MR) is 191 cm³/mol. The van der Waals surface area contributed by atoms with Crippen molar-refractivity contribution in [2.45, 2.75) is 0 Å². The monoisotopic (exact) mass is 601 g/mol. The van der Waals surface area contributed by atoms with Crippen molar-refractivity contribution < 1.29 is 0 Å². The van der Waals surface area contributed by atoms with E-state index in [-0.39, 0.29) is 0 Å². The normalized spacial score (nSPS) is 11.4. The summed E-state index contributed by atoms with van der Waals surface area (Å²) in [6.07, 6.45) is 2.10. The molecule has 0 atom stereocenters. The molecule has 0 bridgehead atoms. The third kappa shape index (κ3) is 4.73. The molecule has 47 heavy (non-hydrogen) atoms. The van der Waals surface area contributed by atoms with Gasteiger partial charge in [0, 0.05) is 34.0 Å². The van der Waals surface area contributed by atoms with Crippen LogP contribution >= 0.6 is 0 Å². The van der Waals surface area contributed by atoms with Crippen molar-refractivity contribution in [3.05, 3.63) is 164 Å². The van der Waals surface area contributed by atoms with Crippen LogP contribution in [0.5, 0.6) is 0 Å². The molecule has 0 aliphatic heterocycles. The molecule has 0 saturated carbocycles. The van der Waals surface area contributed by atoms with Gasteiger partial charge in [-0.15, -0.1) is 0 Å². The summed E-state index contributed by atoms with van der Waals surface area (Å²) in [7, 11) is 0. The van der Waals surface area contributed by atoms with Crippen molar-refractivity contribution in [3.8, 4) is 56.7 Å². The quantitative estimate of drug-likeness (QED) is 0.184. The molecule has 5 heteroatoms. The summed E-state index contributed by atoms with van der Waals surface area (Å²) in [5.74, 6) is 1.88. The van der Waals surface area contributed by atoms with E-state index in [0.29, 0.717) is 17.5 Å². The number of rotatable bonds is 5. The van der Waals surface area contributed by atoms with E-state index in [9.17, 15) is 0 Å². The zero-order chi connectivity index (χ0) is 31.2. The number of nitrogens with zero attached hydrogens (tertiary/aromatic N) is 5. The molecule has 0 fully saturated rings. The minimum atomic E-state index is 0.612. The smallest absolute Gasteiger partial charge is 0.164 e. The summed E-state index contributed by atoms with van der Waals surface area (Å²) in [6.45, 7) is 0. The van der Waals surface area contributed by atoms with Gasteiger partial charge < -0.3 is 0 Å². The Kier molecular flexibility index (Phi) is 6.39. The summed E-state index contributed by atoms with van der Waals surface area (Å²) in [5, 5.41) is 4.84. The van der Waals surface area contributed by atoms with Gasteiger partial charge in [-0.05, 0) is 45.8 Å². The first-order valence-electron chi connectivity index (χ1n) is 15.7. The first kappa shape index (κ1) is 26.9. The van der Waals surface area contributed by atoms with Gasteiger partial charge in [0.05, 0.1) is 11.4 Å². The minimum absolute atomic E-state index is 0.612. The number of pyridine rings is 1. The van der Waals surface area contributed by atoms with E-state index in [2.05, 4.69) is 102 Å². The molecule has 0 spiro atoms. The van der Waals surface area contributed by atoms with Crippen LogP contribution in [0.15, 0.2) is 164 Å². The van der Waals surface area contributed by atoms with E-state index in [1.165, 1.54) is 21.5 Å². The summed E-state index contributed by atoms with van der Waals surface area (Å²) in [5.41, 5.74) is 7.73. The highest BCUT2D eigenvalue weighted by atomic mass is 15.0. The largest absolute Gasteiger partial charge is 0.299 e. The molecule has 0 saturated heterocycles. The van der Waals surface area contributed by atoms with E-state index >= 15 is 0 Å². The molecule has 3 heterocycles. The zero-order valence-electron chi connectivity index (χ0n) is 25.3. The van der Waals surface area contributed by atoms with Gasteiger partial charge in [0.25, 0.3) is 0 Å². The van der Waals surface area contributed by atoms with Crippen LogP contribution in [-0.4, -0.2) is 24.3 Å². The Labute approximate surface area is 271 Å². The second-order valence-electron chi connectivity index (χ2n) is 11.5. The van der Waals surface area contributed by atoms with E-state index in [1.807, 2.05) is 66.7 Å². The Bertz CT molecular complexity index is 2510. The highest BCUT2D eigenvalue weighted by Gasteiger charge is 2.20. The number of imidazole rings is 1. The maximum absolute atomic E-state index is 5.22. The molecule has 3 aromatic heterocycles. The number of hydrogen-bond acceptors (Lipinski definition) is 4. The highest BCUT2D eigenvalue weighted by molar-refractivity contribution is 6.14. The Morgan fingerprint density at radius 3 is 1.66 bits per heavy atom. The van der Waals surface area contributed by atoms with Gasteiger partial charge in [-0.3, -0.25) is 4.40 Å². The summed E-state index contributed by atoms with van der Waals surface area (Å²) < 4.78 is 2.20. The fourth-order valence-corrected chi connectivity index (χ4v) is 6.45. The predicted octanol–water partition coefficient (Wildman–Crippen LogP) is 10.2. The number of fused-ring (bicyclic) bond motifs is 4. The van der Waals surface area contributed by atoms with Crippen LogP contribution in [0.4, 0.5) is 0 Å². The lowest BCUT2D eigenvalue weighted by atomic mass is 9.93. The van der Waals surface area contributed by atoms with Gasteiger partial charge in [0.2, 0.25) is 0 Å². The Morgan fingerprint density at radius 1 is 0.383 bits per heavy atom. The van der Waals surface area contributed by atoms with Crippen LogP contribution < -0.4 is 0 Å². The Hall–Kier alpha value is -6.46. The first-order valence-corrected chi connectivity index (χ1v) is 15.7. The minimum Gasteiger partial charge on any atom is -0.299 e. The SMILES string of the molecule is c1ccc(-c2nc(-c3ccccc3)nc(-c3cccc(-c4nc5ccccn5c4-c4cc5ccccc5c5ccccc45)c3)n2)cc1. The first-order chi connectivity index (χ1) is 23.3. The average molecular weight is 602 g/mol. The summed E-state index contributed by atoms with van der Waals surface area (Å²) >= 11 is 0. The van der Waals surface area contributed by atoms with Crippen LogP contribution in [0, 0.1) is 0 Å². The fourth-order valence-electron chi connectivity index (χ4n) is 6.45. The zero-order valence-corrected chi connectivity index (χ0v) is 25.3. The molecular weight excluding hydrogens is 574 g/mol. The van der Waals surface area contributed by atoms with Crippen molar-refractivity contribution in [1.29, 1.82) is 0 Å². The van der Waals surface area contributed by atoms with Crippen LogP contribution in [0.3, 0.4) is 0 Å². The summed E-state index contributed by atoms with van der Waals surface area (Å²) in [6, 6.07) is 54.2. The van der Waals surface area contributed by atoms with Crippen molar-refractivity contribution >= 4 is 27.2 Å². The average Bonchev–Trinajstić information content (AvgIpc) is 3.55. The molecule has 6 aromatic carbocycles. The standard InChI is InChI=1S/C42H27N5/c1-3-14-28(15-4-1)40-44-41(29-16-5-2-6-17-29)46-42(45-40)32-20-13-19-31(26-32)38-39(47-25-12-11-24-37(47)43-38)36-27-30-18-7-8-21-33(30)34-22-9-10-23-35(34)36/h1-27H. The lowest BCUT2D eigenvalue weighted by Gasteiger charge is -2.13. The van der Waals surface area contributed by atoms with Gasteiger partial charge in [0.1, 0.15) is 5.65 Å².